The van der Waals surface area contributed by atoms with Gasteiger partial charge in [-0.3, -0.25) is 0 Å². The number of hydrogen-bond donors (Lipinski definition) is 1. The number of rotatable bonds is 10. The Balaban J connectivity index is 1.90. The largest absolute Gasteiger partial charge is 0.388 e. The lowest BCUT2D eigenvalue weighted by atomic mass is 9.80. The molecule has 0 amide bonds. The molecule has 0 aromatic heterocycles. The molecule has 1 saturated carbocycles. The van der Waals surface area contributed by atoms with Gasteiger partial charge in [0, 0.05) is 0 Å². The molecule has 2 fully saturated rings. The summed E-state index contributed by atoms with van der Waals surface area (Å²) in [5.41, 5.74) is -0.0252. The quantitative estimate of drug-likeness (QED) is 0.379. The van der Waals surface area contributed by atoms with E-state index in [-0.39, 0.29) is 11.5 Å². The van der Waals surface area contributed by atoms with Crippen LogP contribution in [0.2, 0.25) is 0 Å². The van der Waals surface area contributed by atoms with Crippen molar-refractivity contribution in [2.75, 3.05) is 0 Å². The summed E-state index contributed by atoms with van der Waals surface area (Å²) in [6.07, 6.45) is 16.1. The smallest absolute Gasteiger partial charge is 0.0771 e. The molecule has 2 aliphatic rings. The van der Waals surface area contributed by atoms with E-state index in [2.05, 4.69) is 46.8 Å². The van der Waals surface area contributed by atoms with Crippen LogP contribution < -0.4 is 0 Å². The molecule has 25 heavy (non-hydrogen) atoms. The van der Waals surface area contributed by atoms with Crippen LogP contribution in [0.5, 0.6) is 0 Å². The van der Waals surface area contributed by atoms with E-state index in [1.165, 1.54) is 51.4 Å². The van der Waals surface area contributed by atoms with Gasteiger partial charge >= 0.3 is 0 Å². The third-order valence-corrected chi connectivity index (χ3v) is 6.76. The maximum absolute atomic E-state index is 10.7. The number of allylic oxidation sites excluding steroid dienone is 1. The second-order valence-electron chi connectivity index (χ2n) is 9.40. The summed E-state index contributed by atoms with van der Waals surface area (Å²) < 4.78 is 6.36. The molecule has 1 saturated heterocycles. The lowest BCUT2D eigenvalue weighted by molar-refractivity contribution is 0.0326. The molecule has 1 heterocycles. The van der Waals surface area contributed by atoms with E-state index in [0.29, 0.717) is 30.0 Å². The van der Waals surface area contributed by atoms with Crippen LogP contribution >= 0.6 is 0 Å². The molecule has 0 aromatic carbocycles. The first-order valence-electron chi connectivity index (χ1n) is 10.9. The standard InChI is InChI=1S/C23H42O2/c1-6-8-10-11-18-16-20-19(17(3)15-21(20)25-18)12-13-22(24)23(4,5)14-9-7-2/h12-13,17-22,24H,6-11,14-16H2,1-5H3/t17-,18+,19-,20-,21+,22-/m1/s1. The average molecular weight is 351 g/mol. The molecule has 0 radical (unpaired) electrons. The number of ether oxygens (including phenoxy) is 1. The van der Waals surface area contributed by atoms with Gasteiger partial charge < -0.3 is 9.84 Å². The molecular weight excluding hydrogens is 308 g/mol. The zero-order valence-electron chi connectivity index (χ0n) is 17.3. The lowest BCUT2D eigenvalue weighted by Gasteiger charge is -2.29. The van der Waals surface area contributed by atoms with Gasteiger partial charge in [0.15, 0.2) is 0 Å². The Hall–Kier alpha value is -0.340. The summed E-state index contributed by atoms with van der Waals surface area (Å²) in [4.78, 5) is 0. The minimum Gasteiger partial charge on any atom is -0.388 e. The zero-order chi connectivity index (χ0) is 18.4. The fraction of sp³-hybridized carbons (Fsp3) is 0.913. The van der Waals surface area contributed by atoms with Crippen molar-refractivity contribution in [1.29, 1.82) is 0 Å². The molecule has 146 valence electrons. The average Bonchev–Trinajstić information content (AvgIpc) is 3.07. The lowest BCUT2D eigenvalue weighted by Crippen LogP contribution is -2.28. The number of aliphatic hydroxyl groups is 1. The molecule has 2 rings (SSSR count). The molecule has 1 aliphatic heterocycles. The molecule has 2 nitrogen and oxygen atoms in total. The van der Waals surface area contributed by atoms with Crippen molar-refractivity contribution < 1.29 is 9.84 Å². The summed E-state index contributed by atoms with van der Waals surface area (Å²) in [5, 5.41) is 10.7. The van der Waals surface area contributed by atoms with Crippen molar-refractivity contribution in [3.8, 4) is 0 Å². The fourth-order valence-electron chi connectivity index (χ4n) is 4.85. The monoisotopic (exact) mass is 350 g/mol. The minimum absolute atomic E-state index is 0.0252. The van der Waals surface area contributed by atoms with Crippen LogP contribution in [0.25, 0.3) is 0 Å². The predicted octanol–water partition coefficient (Wildman–Crippen LogP) is 6.13. The van der Waals surface area contributed by atoms with E-state index in [0.717, 1.165) is 6.42 Å². The van der Waals surface area contributed by atoms with Crippen LogP contribution in [0.4, 0.5) is 0 Å². The summed E-state index contributed by atoms with van der Waals surface area (Å²) in [5.74, 6) is 1.93. The Bertz CT molecular complexity index is 414. The van der Waals surface area contributed by atoms with E-state index in [4.69, 9.17) is 4.74 Å². The minimum atomic E-state index is -0.340. The van der Waals surface area contributed by atoms with Crippen molar-refractivity contribution in [2.24, 2.45) is 23.2 Å². The van der Waals surface area contributed by atoms with Gasteiger partial charge in [0.25, 0.3) is 0 Å². The van der Waals surface area contributed by atoms with Gasteiger partial charge in [-0.05, 0) is 48.9 Å². The Morgan fingerprint density at radius 2 is 1.84 bits per heavy atom. The third kappa shape index (κ3) is 5.57. The second-order valence-corrected chi connectivity index (χ2v) is 9.40. The zero-order valence-corrected chi connectivity index (χ0v) is 17.3. The molecular formula is C23H42O2. The maximum Gasteiger partial charge on any atom is 0.0771 e. The Kier molecular flexibility index (Phi) is 8.01. The molecule has 0 spiro atoms. The topological polar surface area (TPSA) is 29.5 Å². The van der Waals surface area contributed by atoms with Crippen molar-refractivity contribution in [2.45, 2.75) is 111 Å². The highest BCUT2D eigenvalue weighted by Gasteiger charge is 2.46. The highest BCUT2D eigenvalue weighted by molar-refractivity contribution is 5.07. The molecule has 2 heteroatoms. The van der Waals surface area contributed by atoms with Gasteiger partial charge in [0.2, 0.25) is 0 Å². The summed E-state index contributed by atoms with van der Waals surface area (Å²) in [6, 6.07) is 0. The van der Waals surface area contributed by atoms with Crippen molar-refractivity contribution in [1.82, 2.24) is 0 Å². The first-order chi connectivity index (χ1) is 11.9. The number of unbranched alkanes of at least 4 members (excludes halogenated alkanes) is 3. The van der Waals surface area contributed by atoms with Gasteiger partial charge in [-0.25, -0.2) is 0 Å². The number of aliphatic hydroxyl groups excluding tert-OH is 1. The Morgan fingerprint density at radius 3 is 2.52 bits per heavy atom. The summed E-state index contributed by atoms with van der Waals surface area (Å²) >= 11 is 0. The maximum atomic E-state index is 10.7. The van der Waals surface area contributed by atoms with Crippen LogP contribution in [0, 0.1) is 23.2 Å². The second kappa shape index (κ2) is 9.55. The van der Waals surface area contributed by atoms with E-state index < -0.39 is 0 Å². The van der Waals surface area contributed by atoms with Crippen molar-refractivity contribution in [3.63, 3.8) is 0 Å². The van der Waals surface area contributed by atoms with E-state index in [1.54, 1.807) is 0 Å². The molecule has 1 N–H and O–H groups in total. The van der Waals surface area contributed by atoms with Crippen LogP contribution in [0.3, 0.4) is 0 Å². The first-order valence-corrected chi connectivity index (χ1v) is 10.9. The summed E-state index contributed by atoms with van der Waals surface area (Å²) in [6.45, 7) is 11.2. The Labute approximate surface area is 156 Å². The van der Waals surface area contributed by atoms with Crippen LogP contribution in [0.15, 0.2) is 12.2 Å². The van der Waals surface area contributed by atoms with Gasteiger partial charge in [-0.1, -0.05) is 78.9 Å². The number of hydrogen-bond acceptors (Lipinski definition) is 2. The molecule has 0 unspecified atom stereocenters. The molecule has 0 aromatic rings. The predicted molar refractivity (Wildman–Crippen MR) is 107 cm³/mol. The number of fused-ring (bicyclic) bond motifs is 1. The SMILES string of the molecule is CCCCC[C@H]1C[C@@H]2[C@H](C=C[C@@H](O)C(C)(C)CCCC)[C@H](C)C[C@@H]2O1. The molecule has 0 bridgehead atoms. The third-order valence-electron chi connectivity index (χ3n) is 6.76. The normalized spacial score (nSPS) is 33.9. The Morgan fingerprint density at radius 1 is 1.12 bits per heavy atom. The summed E-state index contributed by atoms with van der Waals surface area (Å²) in [7, 11) is 0. The first kappa shape index (κ1) is 21.0. The van der Waals surface area contributed by atoms with Crippen LogP contribution in [0.1, 0.15) is 92.4 Å². The van der Waals surface area contributed by atoms with Gasteiger partial charge in [-0.15, -0.1) is 0 Å². The van der Waals surface area contributed by atoms with E-state index in [9.17, 15) is 5.11 Å². The van der Waals surface area contributed by atoms with Gasteiger partial charge in [-0.2, -0.15) is 0 Å². The van der Waals surface area contributed by atoms with Crippen LogP contribution in [-0.2, 0) is 4.74 Å². The van der Waals surface area contributed by atoms with Crippen LogP contribution in [-0.4, -0.2) is 23.4 Å². The van der Waals surface area contributed by atoms with E-state index in [1.807, 2.05) is 0 Å². The molecule has 6 atom stereocenters. The van der Waals surface area contributed by atoms with E-state index >= 15 is 0 Å². The fourth-order valence-corrected chi connectivity index (χ4v) is 4.85. The van der Waals surface area contributed by atoms with Crippen molar-refractivity contribution in [3.05, 3.63) is 12.2 Å². The highest BCUT2D eigenvalue weighted by atomic mass is 16.5. The highest BCUT2D eigenvalue weighted by Crippen LogP contribution is 2.48. The molecule has 1 aliphatic carbocycles. The van der Waals surface area contributed by atoms with Gasteiger partial charge in [0.05, 0.1) is 18.3 Å². The van der Waals surface area contributed by atoms with Crippen molar-refractivity contribution >= 4 is 0 Å². The van der Waals surface area contributed by atoms with Gasteiger partial charge in [0.1, 0.15) is 0 Å².